The van der Waals surface area contributed by atoms with E-state index >= 15 is 0 Å². The lowest BCUT2D eigenvalue weighted by Gasteiger charge is -2.16. The third kappa shape index (κ3) is 21.3. The summed E-state index contributed by atoms with van der Waals surface area (Å²) in [6, 6.07) is 0. The molecule has 0 aromatic carbocycles. The first-order chi connectivity index (χ1) is 8.13. The van der Waals surface area contributed by atoms with Gasteiger partial charge in [-0.3, -0.25) is 4.79 Å². The summed E-state index contributed by atoms with van der Waals surface area (Å²) in [5, 5.41) is 0. The van der Waals surface area contributed by atoms with Crippen LogP contribution in [0.4, 0.5) is 0 Å². The van der Waals surface area contributed by atoms with E-state index in [2.05, 4.69) is 11.7 Å². The SMILES string of the molecule is CC.CCCN(CC)C(C)=O.CCOCOC. The number of carbonyl (C=O) groups excluding carboxylic acids is 1. The Bertz CT molecular complexity index is 137. The molecule has 0 N–H and O–H groups in total. The van der Waals surface area contributed by atoms with E-state index in [1.54, 1.807) is 14.0 Å². The Labute approximate surface area is 107 Å². The molecule has 0 bridgehead atoms. The monoisotopic (exact) mass is 249 g/mol. The van der Waals surface area contributed by atoms with Crippen molar-refractivity contribution < 1.29 is 14.3 Å². The minimum absolute atomic E-state index is 0.180. The molecule has 0 aromatic rings. The van der Waals surface area contributed by atoms with Gasteiger partial charge in [-0.15, -0.1) is 0 Å². The van der Waals surface area contributed by atoms with Crippen molar-refractivity contribution in [2.24, 2.45) is 0 Å². The number of carbonyl (C=O) groups is 1. The third-order valence-electron chi connectivity index (χ3n) is 1.73. The molecule has 106 valence electrons. The van der Waals surface area contributed by atoms with Crippen LogP contribution in [-0.2, 0) is 14.3 Å². The summed E-state index contributed by atoms with van der Waals surface area (Å²) in [7, 11) is 1.61. The summed E-state index contributed by atoms with van der Waals surface area (Å²) in [4.78, 5) is 12.5. The average molecular weight is 249 g/mol. The van der Waals surface area contributed by atoms with Gasteiger partial charge in [0.05, 0.1) is 0 Å². The second-order valence-corrected chi connectivity index (χ2v) is 3.00. The quantitative estimate of drug-likeness (QED) is 0.536. The highest BCUT2D eigenvalue weighted by atomic mass is 16.7. The minimum atomic E-state index is 0.180. The zero-order valence-electron chi connectivity index (χ0n) is 12.7. The fraction of sp³-hybridized carbons (Fsp3) is 0.923. The molecule has 17 heavy (non-hydrogen) atoms. The van der Waals surface area contributed by atoms with E-state index in [0.29, 0.717) is 6.79 Å². The number of methoxy groups -OCH3 is 1. The van der Waals surface area contributed by atoms with Crippen LogP contribution in [0.25, 0.3) is 0 Å². The second kappa shape index (κ2) is 20.8. The lowest BCUT2D eigenvalue weighted by molar-refractivity contribution is -0.128. The average Bonchev–Trinajstić information content (AvgIpc) is 2.36. The Morgan fingerprint density at radius 1 is 1.18 bits per heavy atom. The molecule has 0 saturated carbocycles. The van der Waals surface area contributed by atoms with Gasteiger partial charge < -0.3 is 14.4 Å². The number of rotatable bonds is 6. The van der Waals surface area contributed by atoms with Crippen LogP contribution in [0.1, 0.15) is 48.0 Å². The van der Waals surface area contributed by atoms with Crippen molar-refractivity contribution in [1.29, 1.82) is 0 Å². The molecule has 1 amide bonds. The molecule has 4 heteroatoms. The maximum absolute atomic E-state index is 10.7. The van der Waals surface area contributed by atoms with Crippen LogP contribution < -0.4 is 0 Å². The second-order valence-electron chi connectivity index (χ2n) is 3.00. The molecule has 4 nitrogen and oxygen atoms in total. The van der Waals surface area contributed by atoms with Crippen molar-refractivity contribution in [1.82, 2.24) is 4.90 Å². The Balaban J connectivity index is -0.000000213. The molecule has 0 spiro atoms. The number of ether oxygens (including phenoxy) is 2. The van der Waals surface area contributed by atoms with Gasteiger partial charge in [0.15, 0.2) is 0 Å². The lowest BCUT2D eigenvalue weighted by atomic mass is 10.4. The van der Waals surface area contributed by atoms with Crippen LogP contribution in [0.3, 0.4) is 0 Å². The molecular weight excluding hydrogens is 218 g/mol. The van der Waals surface area contributed by atoms with Gasteiger partial charge in [0.25, 0.3) is 0 Å². The van der Waals surface area contributed by atoms with Gasteiger partial charge in [0.1, 0.15) is 6.79 Å². The number of hydrogen-bond donors (Lipinski definition) is 0. The minimum Gasteiger partial charge on any atom is -0.359 e. The maximum atomic E-state index is 10.7. The van der Waals surface area contributed by atoms with Gasteiger partial charge in [-0.2, -0.15) is 0 Å². The van der Waals surface area contributed by atoms with Gasteiger partial charge in [0, 0.05) is 33.7 Å². The van der Waals surface area contributed by atoms with Gasteiger partial charge >= 0.3 is 0 Å². The first kappa shape index (κ1) is 21.7. The van der Waals surface area contributed by atoms with Crippen molar-refractivity contribution in [3.05, 3.63) is 0 Å². The zero-order valence-corrected chi connectivity index (χ0v) is 12.7. The van der Waals surface area contributed by atoms with Crippen LogP contribution in [0, 0.1) is 0 Å². The predicted molar refractivity (Wildman–Crippen MR) is 73.1 cm³/mol. The molecule has 0 heterocycles. The van der Waals surface area contributed by atoms with Crippen LogP contribution in [0.5, 0.6) is 0 Å². The van der Waals surface area contributed by atoms with Crippen molar-refractivity contribution in [2.45, 2.75) is 48.0 Å². The smallest absolute Gasteiger partial charge is 0.219 e. The highest BCUT2D eigenvalue weighted by molar-refractivity contribution is 5.73. The summed E-state index contributed by atoms with van der Waals surface area (Å²) in [6.45, 7) is 14.5. The molecule has 0 saturated heterocycles. The molecule has 0 atom stereocenters. The molecule has 0 aromatic heterocycles. The van der Waals surface area contributed by atoms with Gasteiger partial charge in [-0.25, -0.2) is 0 Å². The molecule has 0 unspecified atom stereocenters. The van der Waals surface area contributed by atoms with Gasteiger partial charge in [-0.05, 0) is 20.3 Å². The summed E-state index contributed by atoms with van der Waals surface area (Å²) in [5.74, 6) is 0.180. The Morgan fingerprint density at radius 3 is 1.82 bits per heavy atom. The van der Waals surface area contributed by atoms with E-state index in [1.165, 1.54) is 0 Å². The third-order valence-corrected chi connectivity index (χ3v) is 1.73. The number of hydrogen-bond acceptors (Lipinski definition) is 3. The topological polar surface area (TPSA) is 38.8 Å². The summed E-state index contributed by atoms with van der Waals surface area (Å²) in [5.41, 5.74) is 0. The molecule has 0 fully saturated rings. The van der Waals surface area contributed by atoms with Crippen LogP contribution in [-0.4, -0.2) is 44.4 Å². The molecule has 0 rings (SSSR count). The molecular formula is C13H31NO3. The largest absolute Gasteiger partial charge is 0.359 e. The van der Waals surface area contributed by atoms with Crippen LogP contribution in [0.15, 0.2) is 0 Å². The Kier molecular flexibility index (Phi) is 26.4. The summed E-state index contributed by atoms with van der Waals surface area (Å²) in [6.07, 6.45) is 1.05. The van der Waals surface area contributed by atoms with Crippen LogP contribution >= 0.6 is 0 Å². The standard InChI is InChI=1S/C7H15NO.C4H10O2.C2H6/c1-4-6-8(5-2)7(3)9;1-3-6-4-5-2;1-2/h4-6H2,1-3H3;3-4H2,1-2H3;1-2H3. The van der Waals surface area contributed by atoms with Crippen LogP contribution in [0.2, 0.25) is 0 Å². The van der Waals surface area contributed by atoms with Crippen molar-refractivity contribution in [2.75, 3.05) is 33.6 Å². The highest BCUT2D eigenvalue weighted by Gasteiger charge is 2.01. The van der Waals surface area contributed by atoms with Crippen molar-refractivity contribution in [3.63, 3.8) is 0 Å². The van der Waals surface area contributed by atoms with Crippen molar-refractivity contribution >= 4 is 5.91 Å². The van der Waals surface area contributed by atoms with E-state index < -0.39 is 0 Å². The molecule has 0 aliphatic heterocycles. The van der Waals surface area contributed by atoms with Gasteiger partial charge in [-0.1, -0.05) is 20.8 Å². The normalized spacial score (nSPS) is 8.41. The van der Waals surface area contributed by atoms with E-state index in [4.69, 9.17) is 4.74 Å². The fourth-order valence-electron chi connectivity index (χ4n) is 0.975. The lowest BCUT2D eigenvalue weighted by Crippen LogP contribution is -2.28. The Hall–Kier alpha value is -0.610. The fourth-order valence-corrected chi connectivity index (χ4v) is 0.975. The summed E-state index contributed by atoms with van der Waals surface area (Å²) < 4.78 is 9.32. The molecule has 0 aliphatic rings. The Morgan fingerprint density at radius 2 is 1.71 bits per heavy atom. The molecule has 0 aliphatic carbocycles. The van der Waals surface area contributed by atoms with E-state index in [9.17, 15) is 4.79 Å². The van der Waals surface area contributed by atoms with Crippen molar-refractivity contribution in [3.8, 4) is 0 Å². The highest BCUT2D eigenvalue weighted by Crippen LogP contribution is 1.89. The molecule has 0 radical (unpaired) electrons. The number of nitrogens with zero attached hydrogens (tertiary/aromatic N) is 1. The first-order valence-electron chi connectivity index (χ1n) is 6.46. The predicted octanol–water partition coefficient (Wildman–Crippen LogP) is 2.92. The first-order valence-corrected chi connectivity index (χ1v) is 6.46. The summed E-state index contributed by atoms with van der Waals surface area (Å²) >= 11 is 0. The van der Waals surface area contributed by atoms with E-state index in [1.807, 2.05) is 32.6 Å². The maximum Gasteiger partial charge on any atom is 0.219 e. The van der Waals surface area contributed by atoms with E-state index in [-0.39, 0.29) is 5.91 Å². The van der Waals surface area contributed by atoms with Gasteiger partial charge in [0.2, 0.25) is 5.91 Å². The zero-order chi connectivity index (χ0) is 14.1. The van der Waals surface area contributed by atoms with E-state index in [0.717, 1.165) is 26.1 Å². The number of amides is 1.